The van der Waals surface area contributed by atoms with Gasteiger partial charge in [0.05, 0.1) is 0 Å². The Kier molecular flexibility index (Phi) is 7.36. The van der Waals surface area contributed by atoms with Gasteiger partial charge in [0.1, 0.15) is 23.1 Å². The summed E-state index contributed by atoms with van der Waals surface area (Å²) in [7, 11) is 0. The fourth-order valence-electron chi connectivity index (χ4n) is 3.26. The van der Waals surface area contributed by atoms with Crippen LogP contribution in [0.2, 0.25) is 5.02 Å². The van der Waals surface area contributed by atoms with Crippen LogP contribution < -0.4 is 15.4 Å². The fraction of sp³-hybridized carbons (Fsp3) is 0.500. The lowest BCUT2D eigenvalue weighted by Crippen LogP contribution is -2.55. The van der Waals surface area contributed by atoms with Gasteiger partial charge in [-0.05, 0) is 37.1 Å². The fourth-order valence-corrected chi connectivity index (χ4v) is 4.07. The molecule has 2 unspecified atom stereocenters. The summed E-state index contributed by atoms with van der Waals surface area (Å²) < 4.78 is 5.69. The molecule has 1 aliphatic carbocycles. The average Bonchev–Trinajstić information content (AvgIpc) is 3.17. The zero-order chi connectivity index (χ0) is 21.7. The molecule has 8 heteroatoms. The molecule has 3 rings (SSSR count). The topological polar surface area (TPSA) is 80.3 Å². The zero-order valence-electron chi connectivity index (χ0n) is 17.5. The van der Waals surface area contributed by atoms with Crippen LogP contribution in [0.3, 0.4) is 0 Å². The molecular formula is C22H28ClN3O3S. The van der Waals surface area contributed by atoms with Gasteiger partial charge < -0.3 is 15.4 Å². The van der Waals surface area contributed by atoms with Crippen LogP contribution >= 0.6 is 22.9 Å². The lowest BCUT2D eigenvalue weighted by molar-refractivity contribution is -0.129. The Labute approximate surface area is 186 Å². The Bertz CT molecular complexity index is 876. The molecule has 30 heavy (non-hydrogen) atoms. The highest BCUT2D eigenvalue weighted by Gasteiger charge is 2.31. The number of halogens is 1. The maximum atomic E-state index is 12.7. The third kappa shape index (κ3) is 6.19. The molecule has 1 aromatic carbocycles. The maximum absolute atomic E-state index is 12.7. The van der Waals surface area contributed by atoms with E-state index in [1.807, 2.05) is 20.8 Å². The second-order valence-electron chi connectivity index (χ2n) is 8.56. The number of nitrogens with zero attached hydrogens (tertiary/aromatic N) is 1. The molecule has 1 aromatic heterocycles. The quantitative estimate of drug-likeness (QED) is 0.676. The number of rotatable bonds is 6. The van der Waals surface area contributed by atoms with Crippen molar-refractivity contribution < 1.29 is 14.3 Å². The lowest BCUT2D eigenvalue weighted by Gasteiger charge is -2.34. The van der Waals surface area contributed by atoms with Crippen molar-refractivity contribution in [2.45, 2.75) is 65.1 Å². The van der Waals surface area contributed by atoms with Crippen LogP contribution in [-0.2, 0) is 11.4 Å². The standard InChI is InChI=1S/C22H28ClN3O3S/c1-22(2,3)21(28)26-17-7-5-4-6-16(17)25-20(27)18-13-30-19(24-18)12-29-15-10-8-14(23)9-11-15/h8-11,13,16-17H,4-7,12H2,1-3H3,(H,25,27)(H,26,28). The van der Waals surface area contributed by atoms with Crippen molar-refractivity contribution in [1.29, 1.82) is 0 Å². The van der Waals surface area contributed by atoms with Crippen LogP contribution in [0.4, 0.5) is 0 Å². The largest absolute Gasteiger partial charge is 0.486 e. The summed E-state index contributed by atoms with van der Waals surface area (Å²) in [6, 6.07) is 6.96. The van der Waals surface area contributed by atoms with Crippen molar-refractivity contribution >= 4 is 34.8 Å². The molecule has 0 bridgehead atoms. The Morgan fingerprint density at radius 3 is 2.40 bits per heavy atom. The van der Waals surface area contributed by atoms with Crippen LogP contribution in [0.1, 0.15) is 62.0 Å². The Morgan fingerprint density at radius 1 is 1.13 bits per heavy atom. The monoisotopic (exact) mass is 449 g/mol. The number of hydrogen-bond acceptors (Lipinski definition) is 5. The summed E-state index contributed by atoms with van der Waals surface area (Å²) in [5.74, 6) is 0.482. The first-order valence-electron chi connectivity index (χ1n) is 10.2. The molecule has 2 N–H and O–H groups in total. The van der Waals surface area contributed by atoms with Gasteiger partial charge in [0.25, 0.3) is 5.91 Å². The number of aromatic nitrogens is 1. The zero-order valence-corrected chi connectivity index (χ0v) is 19.1. The van der Waals surface area contributed by atoms with Crippen LogP contribution in [0.25, 0.3) is 0 Å². The molecule has 2 atom stereocenters. The highest BCUT2D eigenvalue weighted by Crippen LogP contribution is 2.22. The predicted octanol–water partition coefficient (Wildman–Crippen LogP) is 4.58. The average molecular weight is 450 g/mol. The third-order valence-corrected chi connectivity index (χ3v) is 6.11. The van der Waals surface area contributed by atoms with E-state index < -0.39 is 5.41 Å². The van der Waals surface area contributed by atoms with Gasteiger partial charge in [0.2, 0.25) is 5.91 Å². The summed E-state index contributed by atoms with van der Waals surface area (Å²) in [4.78, 5) is 29.5. The number of carbonyl (C=O) groups excluding carboxylic acids is 2. The number of hydrogen-bond donors (Lipinski definition) is 2. The summed E-state index contributed by atoms with van der Waals surface area (Å²) in [6.07, 6.45) is 3.79. The second-order valence-corrected chi connectivity index (χ2v) is 9.94. The Hall–Kier alpha value is -2.12. The van der Waals surface area contributed by atoms with Crippen molar-refractivity contribution in [2.75, 3.05) is 0 Å². The normalized spacial score (nSPS) is 19.2. The molecule has 0 aliphatic heterocycles. The molecule has 1 aliphatic rings. The molecule has 162 valence electrons. The van der Waals surface area contributed by atoms with Gasteiger partial charge in [-0.15, -0.1) is 11.3 Å². The highest BCUT2D eigenvalue weighted by molar-refractivity contribution is 7.09. The van der Waals surface area contributed by atoms with Crippen molar-refractivity contribution in [2.24, 2.45) is 5.41 Å². The van der Waals surface area contributed by atoms with E-state index in [1.165, 1.54) is 11.3 Å². The number of ether oxygens (including phenoxy) is 1. The maximum Gasteiger partial charge on any atom is 0.271 e. The van der Waals surface area contributed by atoms with E-state index in [0.717, 1.165) is 30.7 Å². The van der Waals surface area contributed by atoms with Crippen molar-refractivity contribution in [3.8, 4) is 5.75 Å². The Morgan fingerprint density at radius 2 is 1.77 bits per heavy atom. The molecule has 2 aromatic rings. The molecule has 1 heterocycles. The molecule has 0 spiro atoms. The first-order valence-corrected chi connectivity index (χ1v) is 11.4. The SMILES string of the molecule is CC(C)(C)C(=O)NC1CCCCC1NC(=O)c1csc(COc2ccc(Cl)cc2)n1. The van der Waals surface area contributed by atoms with Gasteiger partial charge in [-0.1, -0.05) is 45.2 Å². The van der Waals surface area contributed by atoms with Gasteiger partial charge in [0, 0.05) is 27.9 Å². The van der Waals surface area contributed by atoms with Crippen LogP contribution in [0.5, 0.6) is 5.75 Å². The van der Waals surface area contributed by atoms with Crippen molar-refractivity contribution in [1.82, 2.24) is 15.6 Å². The molecule has 6 nitrogen and oxygen atoms in total. The molecule has 0 radical (unpaired) electrons. The van der Waals surface area contributed by atoms with Crippen LogP contribution in [0, 0.1) is 5.41 Å². The summed E-state index contributed by atoms with van der Waals surface area (Å²) in [5.41, 5.74) is -0.0823. The van der Waals surface area contributed by atoms with Gasteiger partial charge >= 0.3 is 0 Å². The summed E-state index contributed by atoms with van der Waals surface area (Å²) in [5, 5.41) is 9.29. The number of benzene rings is 1. The van der Waals surface area contributed by atoms with E-state index in [4.69, 9.17) is 16.3 Å². The number of carbonyl (C=O) groups is 2. The van der Waals surface area contributed by atoms with Crippen LogP contribution in [-0.4, -0.2) is 28.9 Å². The van der Waals surface area contributed by atoms with E-state index >= 15 is 0 Å². The van der Waals surface area contributed by atoms with Gasteiger partial charge in [-0.3, -0.25) is 9.59 Å². The minimum Gasteiger partial charge on any atom is -0.486 e. The van der Waals surface area contributed by atoms with Crippen molar-refractivity contribution in [3.05, 3.63) is 45.4 Å². The second kappa shape index (κ2) is 9.79. The van der Waals surface area contributed by atoms with Crippen molar-refractivity contribution in [3.63, 3.8) is 0 Å². The van der Waals surface area contributed by atoms with E-state index in [-0.39, 0.29) is 30.5 Å². The van der Waals surface area contributed by atoms with Gasteiger partial charge in [-0.2, -0.15) is 0 Å². The van der Waals surface area contributed by atoms with Gasteiger partial charge in [0.15, 0.2) is 0 Å². The van der Waals surface area contributed by atoms with E-state index in [9.17, 15) is 9.59 Å². The minimum absolute atomic E-state index is 0.00365. The smallest absolute Gasteiger partial charge is 0.271 e. The minimum atomic E-state index is -0.458. The number of nitrogens with one attached hydrogen (secondary N) is 2. The summed E-state index contributed by atoms with van der Waals surface area (Å²) in [6.45, 7) is 5.96. The number of amides is 2. The molecule has 1 fully saturated rings. The summed E-state index contributed by atoms with van der Waals surface area (Å²) >= 11 is 7.26. The van der Waals surface area contributed by atoms with E-state index in [2.05, 4.69) is 15.6 Å². The third-order valence-electron chi connectivity index (χ3n) is 5.04. The molecule has 1 saturated carbocycles. The van der Waals surface area contributed by atoms with Crippen LogP contribution in [0.15, 0.2) is 29.6 Å². The van der Waals surface area contributed by atoms with Gasteiger partial charge in [-0.25, -0.2) is 4.98 Å². The lowest BCUT2D eigenvalue weighted by atomic mass is 9.88. The van der Waals surface area contributed by atoms with E-state index in [0.29, 0.717) is 16.5 Å². The predicted molar refractivity (Wildman–Crippen MR) is 119 cm³/mol. The molecule has 0 saturated heterocycles. The Balaban J connectivity index is 1.56. The molecule has 2 amide bonds. The molecular weight excluding hydrogens is 422 g/mol. The first-order chi connectivity index (χ1) is 14.2. The highest BCUT2D eigenvalue weighted by atomic mass is 35.5. The first kappa shape index (κ1) is 22.6. The van der Waals surface area contributed by atoms with E-state index in [1.54, 1.807) is 29.6 Å². The number of thiazole rings is 1.